The van der Waals surface area contributed by atoms with Crippen LogP contribution in [-0.4, -0.2) is 29.5 Å². The highest BCUT2D eigenvalue weighted by Gasteiger charge is 2.20. The molecule has 2 aromatic rings. The van der Waals surface area contributed by atoms with Crippen molar-refractivity contribution in [3.05, 3.63) is 16.6 Å². The lowest BCUT2D eigenvalue weighted by molar-refractivity contribution is 0.142. The number of nitrogen functional groups attached to an aromatic ring is 1. The van der Waals surface area contributed by atoms with Gasteiger partial charge in [-0.05, 0) is 12.1 Å². The van der Waals surface area contributed by atoms with Crippen LogP contribution in [0.3, 0.4) is 0 Å². The molecule has 0 aliphatic carbocycles. The summed E-state index contributed by atoms with van der Waals surface area (Å²) in [7, 11) is 0. The van der Waals surface area contributed by atoms with Crippen molar-refractivity contribution in [1.29, 1.82) is 0 Å². The van der Waals surface area contributed by atoms with Gasteiger partial charge in [-0.15, -0.1) is 0 Å². The van der Waals surface area contributed by atoms with E-state index >= 15 is 0 Å². The van der Waals surface area contributed by atoms with E-state index in [0.717, 1.165) is 34.2 Å². The van der Waals surface area contributed by atoms with Gasteiger partial charge in [-0.3, -0.25) is 5.10 Å². The lowest BCUT2D eigenvalue weighted by Crippen LogP contribution is -2.15. The number of aromatic nitrogens is 2. The van der Waals surface area contributed by atoms with E-state index in [1.54, 1.807) is 0 Å². The van der Waals surface area contributed by atoms with E-state index in [1.807, 2.05) is 12.1 Å². The lowest BCUT2D eigenvalue weighted by atomic mass is 10.2. The Bertz CT molecular complexity index is 549. The van der Waals surface area contributed by atoms with Crippen LogP contribution < -0.4 is 10.5 Å². The van der Waals surface area contributed by atoms with Crippen LogP contribution in [-0.2, 0) is 4.74 Å². The number of halogens is 1. The Morgan fingerprint density at radius 3 is 3.18 bits per heavy atom. The van der Waals surface area contributed by atoms with Crippen molar-refractivity contribution in [1.82, 2.24) is 10.2 Å². The van der Waals surface area contributed by atoms with E-state index in [1.165, 1.54) is 0 Å². The monoisotopic (exact) mass is 297 g/mol. The normalized spacial score (nSPS) is 19.9. The molecule has 2 heterocycles. The van der Waals surface area contributed by atoms with Gasteiger partial charge in [0.25, 0.3) is 0 Å². The minimum Gasteiger partial charge on any atom is -0.487 e. The van der Waals surface area contributed by atoms with Gasteiger partial charge in [-0.1, -0.05) is 15.9 Å². The van der Waals surface area contributed by atoms with Gasteiger partial charge >= 0.3 is 0 Å². The number of rotatable bonds is 2. The Labute approximate surface area is 106 Å². The zero-order valence-electron chi connectivity index (χ0n) is 9.07. The molecule has 0 saturated carbocycles. The highest BCUT2D eigenvalue weighted by atomic mass is 79.9. The number of benzene rings is 1. The van der Waals surface area contributed by atoms with Gasteiger partial charge in [0.1, 0.15) is 11.9 Å². The standard InChI is InChI=1S/C11H12BrN3O2/c12-6-3-8-10(11(13)15-14-8)9(4-6)17-7-1-2-16-5-7/h3-4,7H,1-2,5H2,(H3,13,14,15)/t7-/m0/s1. The molecule has 0 bridgehead atoms. The summed E-state index contributed by atoms with van der Waals surface area (Å²) in [5.41, 5.74) is 6.70. The van der Waals surface area contributed by atoms with Gasteiger partial charge in [0.15, 0.2) is 5.82 Å². The summed E-state index contributed by atoms with van der Waals surface area (Å²) in [5.74, 6) is 1.21. The molecule has 1 saturated heterocycles. The number of nitrogens with one attached hydrogen (secondary N) is 1. The van der Waals surface area contributed by atoms with E-state index < -0.39 is 0 Å². The van der Waals surface area contributed by atoms with E-state index in [0.29, 0.717) is 12.4 Å². The fourth-order valence-corrected chi connectivity index (χ4v) is 2.43. The summed E-state index contributed by atoms with van der Waals surface area (Å²) < 4.78 is 12.1. The number of aromatic amines is 1. The smallest absolute Gasteiger partial charge is 0.156 e. The zero-order valence-corrected chi connectivity index (χ0v) is 10.7. The number of H-pyrrole nitrogens is 1. The van der Waals surface area contributed by atoms with Crippen molar-refractivity contribution >= 4 is 32.7 Å². The molecule has 1 atom stereocenters. The second kappa shape index (κ2) is 4.19. The third-order valence-corrected chi connectivity index (χ3v) is 3.26. The van der Waals surface area contributed by atoms with Gasteiger partial charge in [0.05, 0.1) is 24.1 Å². The molecule has 1 aromatic heterocycles. The van der Waals surface area contributed by atoms with Gasteiger partial charge in [0, 0.05) is 10.9 Å². The molecular formula is C11H12BrN3O2. The van der Waals surface area contributed by atoms with Crippen molar-refractivity contribution in [2.75, 3.05) is 18.9 Å². The summed E-state index contributed by atoms with van der Waals surface area (Å²) in [6, 6.07) is 3.84. The molecule has 3 rings (SSSR count). The van der Waals surface area contributed by atoms with Crippen LogP contribution >= 0.6 is 15.9 Å². The zero-order chi connectivity index (χ0) is 11.8. The quantitative estimate of drug-likeness (QED) is 0.890. The molecule has 1 aliphatic rings. The van der Waals surface area contributed by atoms with E-state index in [4.69, 9.17) is 15.2 Å². The lowest BCUT2D eigenvalue weighted by Gasteiger charge is -2.13. The highest BCUT2D eigenvalue weighted by molar-refractivity contribution is 9.10. The maximum atomic E-state index is 5.91. The van der Waals surface area contributed by atoms with Crippen molar-refractivity contribution in [3.8, 4) is 5.75 Å². The number of ether oxygens (including phenoxy) is 2. The molecule has 1 aliphatic heterocycles. The number of nitrogens with two attached hydrogens (primary N) is 1. The van der Waals surface area contributed by atoms with E-state index in [-0.39, 0.29) is 6.10 Å². The molecule has 17 heavy (non-hydrogen) atoms. The highest BCUT2D eigenvalue weighted by Crippen LogP contribution is 2.33. The maximum Gasteiger partial charge on any atom is 0.156 e. The minimum atomic E-state index is 0.0989. The van der Waals surface area contributed by atoms with Crippen LogP contribution in [0.5, 0.6) is 5.75 Å². The van der Waals surface area contributed by atoms with Crippen LogP contribution in [0.15, 0.2) is 16.6 Å². The number of hydrogen-bond donors (Lipinski definition) is 2. The third-order valence-electron chi connectivity index (χ3n) is 2.80. The molecular weight excluding hydrogens is 286 g/mol. The molecule has 6 heteroatoms. The van der Waals surface area contributed by atoms with E-state index in [9.17, 15) is 0 Å². The molecule has 0 amide bonds. The Balaban J connectivity index is 2.03. The van der Waals surface area contributed by atoms with E-state index in [2.05, 4.69) is 26.1 Å². The van der Waals surface area contributed by atoms with Crippen molar-refractivity contribution in [2.45, 2.75) is 12.5 Å². The SMILES string of the molecule is Nc1n[nH]c2cc(Br)cc(O[C@H]3CCOC3)c12. The molecule has 0 radical (unpaired) electrons. The molecule has 5 nitrogen and oxygen atoms in total. The summed E-state index contributed by atoms with van der Waals surface area (Å²) >= 11 is 3.44. The Morgan fingerprint density at radius 1 is 1.53 bits per heavy atom. The first-order valence-electron chi connectivity index (χ1n) is 5.41. The van der Waals surface area contributed by atoms with Crippen LogP contribution in [0.25, 0.3) is 10.9 Å². The summed E-state index contributed by atoms with van der Waals surface area (Å²) in [6.07, 6.45) is 1.01. The predicted octanol–water partition coefficient (Wildman–Crippen LogP) is 2.08. The third kappa shape index (κ3) is 1.98. The van der Waals surface area contributed by atoms with Gasteiger partial charge in [-0.2, -0.15) is 5.10 Å². The summed E-state index contributed by atoms with van der Waals surface area (Å²) in [6.45, 7) is 1.38. The molecule has 3 N–H and O–H groups in total. The average molecular weight is 298 g/mol. The van der Waals surface area contributed by atoms with Crippen LogP contribution in [0, 0.1) is 0 Å². The number of nitrogens with zero attached hydrogens (tertiary/aromatic N) is 1. The molecule has 1 aromatic carbocycles. The second-order valence-electron chi connectivity index (χ2n) is 4.04. The molecule has 0 unspecified atom stereocenters. The van der Waals surface area contributed by atoms with Crippen molar-refractivity contribution < 1.29 is 9.47 Å². The largest absolute Gasteiger partial charge is 0.487 e. The molecule has 1 fully saturated rings. The fourth-order valence-electron chi connectivity index (χ4n) is 1.99. The first kappa shape index (κ1) is 10.9. The topological polar surface area (TPSA) is 73.2 Å². The van der Waals surface area contributed by atoms with Gasteiger partial charge in [0.2, 0.25) is 0 Å². The van der Waals surface area contributed by atoms with Crippen LogP contribution in [0.2, 0.25) is 0 Å². The first-order chi connectivity index (χ1) is 8.24. The first-order valence-corrected chi connectivity index (χ1v) is 6.21. The molecule has 90 valence electrons. The van der Waals surface area contributed by atoms with Crippen LogP contribution in [0.1, 0.15) is 6.42 Å². The van der Waals surface area contributed by atoms with Crippen LogP contribution in [0.4, 0.5) is 5.82 Å². The van der Waals surface area contributed by atoms with Gasteiger partial charge < -0.3 is 15.2 Å². The summed E-state index contributed by atoms with van der Waals surface area (Å²) in [5, 5.41) is 7.70. The fraction of sp³-hybridized carbons (Fsp3) is 0.364. The molecule has 0 spiro atoms. The number of fused-ring (bicyclic) bond motifs is 1. The number of anilines is 1. The van der Waals surface area contributed by atoms with Crippen molar-refractivity contribution in [2.24, 2.45) is 0 Å². The Hall–Kier alpha value is -1.27. The van der Waals surface area contributed by atoms with Crippen molar-refractivity contribution in [3.63, 3.8) is 0 Å². The summed E-state index contributed by atoms with van der Waals surface area (Å²) in [4.78, 5) is 0. The maximum absolute atomic E-state index is 5.91. The second-order valence-corrected chi connectivity index (χ2v) is 4.95. The Kier molecular flexibility index (Phi) is 2.68. The van der Waals surface area contributed by atoms with Gasteiger partial charge in [-0.25, -0.2) is 0 Å². The average Bonchev–Trinajstić information content (AvgIpc) is 2.89. The number of hydrogen-bond acceptors (Lipinski definition) is 4. The predicted molar refractivity (Wildman–Crippen MR) is 68.1 cm³/mol. The minimum absolute atomic E-state index is 0.0989. The Morgan fingerprint density at radius 2 is 2.41 bits per heavy atom.